The molecule has 0 bridgehead atoms. The van der Waals surface area contributed by atoms with Gasteiger partial charge in [-0.2, -0.15) is 4.31 Å². The molecule has 9 heteroatoms. The maximum Gasteiger partial charge on any atom is 0.348 e. The van der Waals surface area contributed by atoms with Gasteiger partial charge >= 0.3 is 5.97 Å². The lowest BCUT2D eigenvalue weighted by molar-refractivity contribution is 0.0479. The van der Waals surface area contributed by atoms with E-state index in [0.29, 0.717) is 31.2 Å². The van der Waals surface area contributed by atoms with Crippen molar-refractivity contribution in [1.82, 2.24) is 4.31 Å². The predicted molar refractivity (Wildman–Crippen MR) is 99.7 cm³/mol. The number of Topliss-reactive ketones (excluding diaryl/α,β-unsaturated/α-hetero) is 1. The third-order valence-electron chi connectivity index (χ3n) is 4.06. The van der Waals surface area contributed by atoms with Crippen LogP contribution in [0.5, 0.6) is 0 Å². The molecule has 0 saturated carbocycles. The molecule has 1 saturated heterocycles. The fourth-order valence-electron chi connectivity index (χ4n) is 2.58. The molecule has 1 aliphatic rings. The summed E-state index contributed by atoms with van der Waals surface area (Å²) in [5.74, 6) is -0.945. The number of benzene rings is 1. The van der Waals surface area contributed by atoms with Crippen LogP contribution in [0.1, 0.15) is 24.9 Å². The first-order valence-electron chi connectivity index (χ1n) is 8.32. The molecule has 27 heavy (non-hydrogen) atoms. The Hall–Kier alpha value is -2.07. The van der Waals surface area contributed by atoms with Gasteiger partial charge in [-0.3, -0.25) is 4.79 Å². The van der Waals surface area contributed by atoms with Crippen molar-refractivity contribution in [3.05, 3.63) is 51.7 Å². The van der Waals surface area contributed by atoms with E-state index in [1.165, 1.54) is 39.9 Å². The molecule has 0 atom stereocenters. The molecule has 0 amide bonds. The fraction of sp³-hybridized carbons (Fsp3) is 0.333. The van der Waals surface area contributed by atoms with Gasteiger partial charge in [0.15, 0.2) is 12.4 Å². The van der Waals surface area contributed by atoms with Crippen molar-refractivity contribution in [2.45, 2.75) is 11.8 Å². The van der Waals surface area contributed by atoms with Crippen molar-refractivity contribution in [3.8, 4) is 0 Å². The zero-order valence-electron chi connectivity index (χ0n) is 14.7. The first kappa shape index (κ1) is 19.7. The predicted octanol–water partition coefficient (Wildman–Crippen LogP) is 2.12. The van der Waals surface area contributed by atoms with E-state index in [0.717, 1.165) is 4.88 Å². The Morgan fingerprint density at radius 3 is 2.37 bits per heavy atom. The highest BCUT2D eigenvalue weighted by Crippen LogP contribution is 2.19. The second-order valence-electron chi connectivity index (χ2n) is 5.95. The molecule has 0 radical (unpaired) electrons. The molecule has 1 fully saturated rings. The van der Waals surface area contributed by atoms with E-state index in [1.807, 2.05) is 6.92 Å². The van der Waals surface area contributed by atoms with Gasteiger partial charge in [-0.15, -0.1) is 11.3 Å². The zero-order chi connectivity index (χ0) is 19.4. The molecule has 2 heterocycles. The molecule has 1 aromatic carbocycles. The molecule has 0 unspecified atom stereocenters. The van der Waals surface area contributed by atoms with Crippen LogP contribution < -0.4 is 0 Å². The molecule has 3 rings (SSSR count). The summed E-state index contributed by atoms with van der Waals surface area (Å²) in [6.07, 6.45) is 0. The van der Waals surface area contributed by atoms with Crippen LogP contribution in [-0.4, -0.2) is 57.4 Å². The van der Waals surface area contributed by atoms with Crippen LogP contribution in [0.25, 0.3) is 0 Å². The van der Waals surface area contributed by atoms with Gasteiger partial charge in [0.25, 0.3) is 0 Å². The lowest BCUT2D eigenvalue weighted by atomic mass is 10.1. The third kappa shape index (κ3) is 4.62. The first-order valence-corrected chi connectivity index (χ1v) is 10.6. The van der Waals surface area contributed by atoms with Crippen molar-refractivity contribution in [1.29, 1.82) is 0 Å². The van der Waals surface area contributed by atoms with E-state index in [2.05, 4.69) is 0 Å². The number of hydrogen-bond acceptors (Lipinski definition) is 7. The number of aryl methyl sites for hydroxylation is 1. The minimum atomic E-state index is -3.61. The second kappa shape index (κ2) is 8.30. The van der Waals surface area contributed by atoms with E-state index in [-0.39, 0.29) is 10.5 Å². The summed E-state index contributed by atoms with van der Waals surface area (Å²) in [7, 11) is -3.61. The highest BCUT2D eigenvalue weighted by Gasteiger charge is 2.26. The standard InChI is InChI=1S/C18H19NO6S2/c1-13-2-7-17(26-13)18(21)25-12-16(20)14-3-5-15(6-4-14)27(22,23)19-8-10-24-11-9-19/h2-7H,8-12H2,1H3. The number of morpholine rings is 1. The maximum atomic E-state index is 12.6. The van der Waals surface area contributed by atoms with Gasteiger partial charge < -0.3 is 9.47 Å². The van der Waals surface area contributed by atoms with Gasteiger partial charge in [0.2, 0.25) is 10.0 Å². The van der Waals surface area contributed by atoms with E-state index >= 15 is 0 Å². The Kier molecular flexibility index (Phi) is 6.05. The zero-order valence-corrected chi connectivity index (χ0v) is 16.3. The minimum absolute atomic E-state index is 0.118. The number of sulfonamides is 1. The molecule has 1 aliphatic heterocycles. The number of esters is 1. The Bertz CT molecular complexity index is 927. The number of thiophene rings is 1. The smallest absolute Gasteiger partial charge is 0.348 e. The summed E-state index contributed by atoms with van der Waals surface area (Å²) in [6, 6.07) is 9.09. The number of carbonyl (C=O) groups is 2. The molecule has 0 spiro atoms. The summed E-state index contributed by atoms with van der Waals surface area (Å²) in [4.78, 5) is 25.6. The molecule has 0 N–H and O–H groups in total. The van der Waals surface area contributed by atoms with Crippen LogP contribution in [0.15, 0.2) is 41.3 Å². The Morgan fingerprint density at radius 1 is 1.11 bits per heavy atom. The highest BCUT2D eigenvalue weighted by molar-refractivity contribution is 7.89. The molecule has 7 nitrogen and oxygen atoms in total. The Balaban J connectivity index is 1.62. The maximum absolute atomic E-state index is 12.6. The van der Waals surface area contributed by atoms with Crippen LogP contribution in [-0.2, 0) is 19.5 Å². The van der Waals surface area contributed by atoms with Gasteiger partial charge in [-0.1, -0.05) is 0 Å². The Labute approximate surface area is 161 Å². The summed E-state index contributed by atoms with van der Waals surface area (Å²) >= 11 is 1.30. The van der Waals surface area contributed by atoms with Gasteiger partial charge in [0, 0.05) is 23.5 Å². The lowest BCUT2D eigenvalue weighted by Crippen LogP contribution is -2.40. The average Bonchev–Trinajstić information content (AvgIpc) is 3.13. The van der Waals surface area contributed by atoms with Gasteiger partial charge in [-0.05, 0) is 43.3 Å². The third-order valence-corrected chi connectivity index (χ3v) is 6.95. The topological polar surface area (TPSA) is 90.0 Å². The number of ketones is 1. The summed E-state index contributed by atoms with van der Waals surface area (Å²) in [5, 5.41) is 0. The van der Waals surface area contributed by atoms with Crippen LogP contribution in [0.2, 0.25) is 0 Å². The van der Waals surface area contributed by atoms with Crippen molar-refractivity contribution in [2.75, 3.05) is 32.9 Å². The Morgan fingerprint density at radius 2 is 1.78 bits per heavy atom. The lowest BCUT2D eigenvalue weighted by Gasteiger charge is -2.26. The van der Waals surface area contributed by atoms with E-state index in [9.17, 15) is 18.0 Å². The van der Waals surface area contributed by atoms with Gasteiger partial charge in [0.05, 0.1) is 18.1 Å². The largest absolute Gasteiger partial charge is 0.453 e. The van der Waals surface area contributed by atoms with E-state index in [1.54, 1.807) is 12.1 Å². The normalized spacial score (nSPS) is 15.4. The van der Waals surface area contributed by atoms with Crippen molar-refractivity contribution >= 4 is 33.1 Å². The molecule has 144 valence electrons. The summed E-state index contributed by atoms with van der Waals surface area (Å²) in [5.41, 5.74) is 0.283. The monoisotopic (exact) mass is 409 g/mol. The van der Waals surface area contributed by atoms with Crippen LogP contribution in [0.3, 0.4) is 0 Å². The van der Waals surface area contributed by atoms with Crippen LogP contribution in [0.4, 0.5) is 0 Å². The number of hydrogen-bond donors (Lipinski definition) is 0. The van der Waals surface area contributed by atoms with Crippen molar-refractivity contribution in [2.24, 2.45) is 0 Å². The van der Waals surface area contributed by atoms with E-state index in [4.69, 9.17) is 9.47 Å². The highest BCUT2D eigenvalue weighted by atomic mass is 32.2. The molecule has 1 aromatic heterocycles. The molecule has 2 aromatic rings. The van der Waals surface area contributed by atoms with Crippen LogP contribution in [0, 0.1) is 6.92 Å². The number of carbonyl (C=O) groups excluding carboxylic acids is 2. The molecular weight excluding hydrogens is 390 g/mol. The van der Waals surface area contributed by atoms with E-state index < -0.39 is 28.4 Å². The van der Waals surface area contributed by atoms with Crippen LogP contribution >= 0.6 is 11.3 Å². The number of ether oxygens (including phenoxy) is 2. The summed E-state index contributed by atoms with van der Waals surface area (Å²) in [6.45, 7) is 2.82. The first-order chi connectivity index (χ1) is 12.9. The SMILES string of the molecule is Cc1ccc(C(=O)OCC(=O)c2ccc(S(=O)(=O)N3CCOCC3)cc2)s1. The van der Waals surface area contributed by atoms with Crippen molar-refractivity contribution < 1.29 is 27.5 Å². The molecular formula is C18H19NO6S2. The van der Waals surface area contributed by atoms with Gasteiger partial charge in [-0.25, -0.2) is 13.2 Å². The van der Waals surface area contributed by atoms with Crippen molar-refractivity contribution in [3.63, 3.8) is 0 Å². The number of rotatable bonds is 6. The fourth-order valence-corrected chi connectivity index (χ4v) is 4.75. The summed E-state index contributed by atoms with van der Waals surface area (Å²) < 4.78 is 36.7. The second-order valence-corrected chi connectivity index (χ2v) is 9.18. The number of nitrogens with zero attached hydrogens (tertiary/aromatic N) is 1. The quantitative estimate of drug-likeness (QED) is 0.536. The average molecular weight is 409 g/mol. The molecule has 0 aliphatic carbocycles. The minimum Gasteiger partial charge on any atom is -0.453 e. The van der Waals surface area contributed by atoms with Gasteiger partial charge in [0.1, 0.15) is 4.88 Å².